The van der Waals surface area contributed by atoms with Crippen LogP contribution < -0.4 is 10.6 Å². The van der Waals surface area contributed by atoms with Crippen LogP contribution in [-0.2, 0) is 26.3 Å². The molecule has 160 valence electrons. The van der Waals surface area contributed by atoms with Crippen LogP contribution in [0.4, 0.5) is 5.69 Å². The number of hydrogen-bond donors (Lipinski definition) is 3. The van der Waals surface area contributed by atoms with E-state index in [4.69, 9.17) is 0 Å². The average molecular weight is 419 g/mol. The van der Waals surface area contributed by atoms with Crippen molar-refractivity contribution >= 4 is 23.4 Å². The van der Waals surface area contributed by atoms with Crippen LogP contribution in [0.3, 0.4) is 0 Å². The van der Waals surface area contributed by atoms with E-state index in [9.17, 15) is 19.5 Å². The van der Waals surface area contributed by atoms with E-state index < -0.39 is 29.5 Å². The van der Waals surface area contributed by atoms with Crippen molar-refractivity contribution in [2.75, 3.05) is 11.9 Å². The lowest BCUT2D eigenvalue weighted by molar-refractivity contribution is -0.143. The molecule has 2 aromatic carbocycles. The summed E-state index contributed by atoms with van der Waals surface area (Å²) in [6.07, 6.45) is -0.362. The SMILES string of the molecule is Cc1ccc2c(c1)[C@@]1(N[C@H]([C@H](C)O)[C@H]3C(=O)N(CCc4ccccc4)C(=O)[C@H]31)C(=O)N2. The molecular formula is C24H25N3O4. The number of aliphatic hydroxyl groups is 1. The van der Waals surface area contributed by atoms with Crippen molar-refractivity contribution in [1.82, 2.24) is 10.2 Å². The van der Waals surface area contributed by atoms with E-state index in [1.807, 2.05) is 55.5 Å². The third-order valence-electron chi connectivity index (χ3n) is 6.88. The summed E-state index contributed by atoms with van der Waals surface area (Å²) in [7, 11) is 0. The van der Waals surface area contributed by atoms with Gasteiger partial charge in [-0.1, -0.05) is 48.0 Å². The zero-order chi connectivity index (χ0) is 21.9. The van der Waals surface area contributed by atoms with Crippen molar-refractivity contribution in [3.8, 4) is 0 Å². The molecule has 3 N–H and O–H groups in total. The van der Waals surface area contributed by atoms with E-state index >= 15 is 0 Å². The molecular weight excluding hydrogens is 394 g/mol. The van der Waals surface area contributed by atoms with E-state index in [2.05, 4.69) is 10.6 Å². The fraction of sp³-hybridized carbons (Fsp3) is 0.375. The Morgan fingerprint density at radius 2 is 1.84 bits per heavy atom. The zero-order valence-electron chi connectivity index (χ0n) is 17.5. The Morgan fingerprint density at radius 1 is 1.10 bits per heavy atom. The standard InChI is InChI=1S/C24H25N3O4/c1-13-8-9-17-16(12-13)24(23(31)25-17)19-18(20(26-24)14(2)28)21(29)27(22(19)30)11-10-15-6-4-3-5-7-15/h3-9,12,14,18-20,26,28H,10-11H2,1-2H3,(H,25,31)/t14-,18-,19-,20+,24-/m0/s1. The third-order valence-corrected chi connectivity index (χ3v) is 6.88. The number of anilines is 1. The van der Waals surface area contributed by atoms with Gasteiger partial charge >= 0.3 is 0 Å². The summed E-state index contributed by atoms with van der Waals surface area (Å²) in [6, 6.07) is 14.6. The first kappa shape index (κ1) is 19.9. The average Bonchev–Trinajstić information content (AvgIpc) is 3.33. The summed E-state index contributed by atoms with van der Waals surface area (Å²) in [4.78, 5) is 41.5. The highest BCUT2D eigenvalue weighted by Crippen LogP contribution is 2.53. The topological polar surface area (TPSA) is 98.7 Å². The van der Waals surface area contributed by atoms with E-state index in [-0.39, 0.29) is 24.3 Å². The molecule has 2 aromatic rings. The van der Waals surface area contributed by atoms with Crippen molar-refractivity contribution in [1.29, 1.82) is 0 Å². The summed E-state index contributed by atoms with van der Waals surface area (Å²) < 4.78 is 0. The molecule has 0 aliphatic carbocycles. The molecule has 31 heavy (non-hydrogen) atoms. The van der Waals surface area contributed by atoms with Gasteiger partial charge in [0.15, 0.2) is 0 Å². The number of amides is 3. The van der Waals surface area contributed by atoms with Crippen molar-refractivity contribution in [2.45, 2.75) is 38.0 Å². The van der Waals surface area contributed by atoms with Gasteiger partial charge in [-0.25, -0.2) is 0 Å². The van der Waals surface area contributed by atoms with Gasteiger partial charge in [0.05, 0.1) is 17.9 Å². The van der Waals surface area contributed by atoms with E-state index in [0.29, 0.717) is 17.7 Å². The second kappa shape index (κ2) is 7.00. The van der Waals surface area contributed by atoms with Gasteiger partial charge < -0.3 is 10.4 Å². The van der Waals surface area contributed by atoms with E-state index in [1.54, 1.807) is 6.92 Å². The number of rotatable bonds is 4. The molecule has 0 unspecified atom stereocenters. The Hall–Kier alpha value is -3.03. The first-order valence-electron chi connectivity index (χ1n) is 10.6. The van der Waals surface area contributed by atoms with Crippen LogP contribution in [0.1, 0.15) is 23.6 Å². The molecule has 0 radical (unpaired) electrons. The van der Waals surface area contributed by atoms with E-state index in [0.717, 1.165) is 11.1 Å². The molecule has 2 fully saturated rings. The molecule has 3 heterocycles. The maximum atomic E-state index is 13.6. The van der Waals surface area contributed by atoms with Crippen LogP contribution in [0.15, 0.2) is 48.5 Å². The molecule has 0 aromatic heterocycles. The molecule has 0 saturated carbocycles. The van der Waals surface area contributed by atoms with Gasteiger partial charge in [-0.15, -0.1) is 0 Å². The number of carbonyl (C=O) groups is 3. The molecule has 5 atom stereocenters. The quantitative estimate of drug-likeness (QED) is 0.650. The number of aliphatic hydroxyl groups excluding tert-OH is 1. The van der Waals surface area contributed by atoms with Crippen molar-refractivity contribution in [3.05, 3.63) is 65.2 Å². The molecule has 5 rings (SSSR count). The molecule has 3 aliphatic rings. The van der Waals surface area contributed by atoms with Crippen LogP contribution in [0.25, 0.3) is 0 Å². The monoisotopic (exact) mass is 419 g/mol. The molecule has 3 aliphatic heterocycles. The van der Waals surface area contributed by atoms with Crippen LogP contribution in [0.2, 0.25) is 0 Å². The van der Waals surface area contributed by atoms with Crippen LogP contribution in [0, 0.1) is 18.8 Å². The predicted molar refractivity (Wildman–Crippen MR) is 114 cm³/mol. The van der Waals surface area contributed by atoms with Crippen molar-refractivity contribution in [3.63, 3.8) is 0 Å². The first-order chi connectivity index (χ1) is 14.8. The van der Waals surface area contributed by atoms with Gasteiger partial charge in [-0.2, -0.15) is 0 Å². The second-order valence-corrected chi connectivity index (χ2v) is 8.79. The lowest BCUT2D eigenvalue weighted by Gasteiger charge is -2.30. The number of aryl methyl sites for hydroxylation is 1. The Morgan fingerprint density at radius 3 is 2.55 bits per heavy atom. The summed E-state index contributed by atoms with van der Waals surface area (Å²) in [5.41, 5.74) is 1.92. The van der Waals surface area contributed by atoms with E-state index in [1.165, 1.54) is 4.90 Å². The minimum atomic E-state index is -1.36. The van der Waals surface area contributed by atoms with Crippen molar-refractivity contribution < 1.29 is 19.5 Å². The Balaban J connectivity index is 1.55. The highest BCUT2D eigenvalue weighted by molar-refractivity contribution is 6.15. The van der Waals surface area contributed by atoms with Crippen LogP contribution in [-0.4, -0.2) is 46.4 Å². The Kier molecular flexibility index (Phi) is 4.50. The number of likely N-dealkylation sites (tertiary alicyclic amines) is 1. The zero-order valence-corrected chi connectivity index (χ0v) is 17.5. The van der Waals surface area contributed by atoms with Gasteiger partial charge in [-0.3, -0.25) is 24.6 Å². The van der Waals surface area contributed by atoms with Gasteiger partial charge in [-0.05, 0) is 31.9 Å². The molecule has 7 heteroatoms. The number of nitrogens with zero attached hydrogens (tertiary/aromatic N) is 1. The van der Waals surface area contributed by atoms with Gasteiger partial charge in [0.25, 0.3) is 0 Å². The summed E-state index contributed by atoms with van der Waals surface area (Å²) in [6.45, 7) is 3.75. The first-order valence-corrected chi connectivity index (χ1v) is 10.6. The molecule has 7 nitrogen and oxygen atoms in total. The van der Waals surface area contributed by atoms with Gasteiger partial charge in [0.2, 0.25) is 17.7 Å². The minimum absolute atomic E-state index is 0.250. The number of benzene rings is 2. The highest BCUT2D eigenvalue weighted by atomic mass is 16.3. The largest absolute Gasteiger partial charge is 0.392 e. The molecule has 1 spiro atoms. The number of carbonyl (C=O) groups excluding carboxylic acids is 3. The smallest absolute Gasteiger partial charge is 0.250 e. The predicted octanol–water partition coefficient (Wildman–Crippen LogP) is 1.34. The highest BCUT2D eigenvalue weighted by Gasteiger charge is 2.70. The summed E-state index contributed by atoms with van der Waals surface area (Å²) >= 11 is 0. The maximum absolute atomic E-state index is 13.6. The number of nitrogens with one attached hydrogen (secondary N) is 2. The van der Waals surface area contributed by atoms with Gasteiger partial charge in [0.1, 0.15) is 5.54 Å². The Labute approximate surface area is 180 Å². The third kappa shape index (κ3) is 2.77. The molecule has 3 amide bonds. The second-order valence-electron chi connectivity index (χ2n) is 8.79. The normalized spacial score (nSPS) is 30.0. The van der Waals surface area contributed by atoms with Crippen LogP contribution in [0.5, 0.6) is 0 Å². The minimum Gasteiger partial charge on any atom is -0.392 e. The fourth-order valence-electron chi connectivity index (χ4n) is 5.43. The maximum Gasteiger partial charge on any atom is 0.250 e. The number of fused-ring (bicyclic) bond motifs is 4. The lowest BCUT2D eigenvalue weighted by Crippen LogP contribution is -2.55. The Bertz CT molecular complexity index is 1080. The molecule has 0 bridgehead atoms. The molecule has 2 saturated heterocycles. The number of imide groups is 1. The number of hydrogen-bond acceptors (Lipinski definition) is 5. The van der Waals surface area contributed by atoms with Crippen molar-refractivity contribution in [2.24, 2.45) is 11.8 Å². The lowest BCUT2D eigenvalue weighted by atomic mass is 9.76. The van der Waals surface area contributed by atoms with Crippen LogP contribution >= 0.6 is 0 Å². The summed E-state index contributed by atoms with van der Waals surface area (Å²) in [5.74, 6) is -2.71. The fourth-order valence-corrected chi connectivity index (χ4v) is 5.43. The van der Waals surface area contributed by atoms with Gasteiger partial charge in [0, 0.05) is 23.8 Å². The summed E-state index contributed by atoms with van der Waals surface area (Å²) in [5, 5.41) is 16.6.